The highest BCUT2D eigenvalue weighted by Crippen LogP contribution is 2.14. The first-order valence-corrected chi connectivity index (χ1v) is 11.1. The highest BCUT2D eigenvalue weighted by Gasteiger charge is 2.27. The van der Waals surface area contributed by atoms with Crippen molar-refractivity contribution in [3.05, 3.63) is 42.1 Å². The van der Waals surface area contributed by atoms with E-state index < -0.39 is 41.9 Å². The standard InChI is InChI=1S/C24H35N3O7/c1-14(2)20(28)23(31)27-19(9-7-6-8-17-10-12-18(34-5)13-11-17)22(30)25-15(3)21(29)26-16(4)24(32)33/h10-14,16,19-20,28H,3,6-9H2,1-2,4-5H3,(H,25,30)(H,26,29)(H,27,31)(H,32,33)/t16-,19-,20?/m0/s1. The molecule has 0 aromatic heterocycles. The number of hydrogen-bond donors (Lipinski definition) is 5. The quantitative estimate of drug-likeness (QED) is 0.199. The van der Waals surface area contributed by atoms with Crippen LogP contribution in [0.5, 0.6) is 5.75 Å². The van der Waals surface area contributed by atoms with Gasteiger partial charge in [-0.2, -0.15) is 0 Å². The van der Waals surface area contributed by atoms with Gasteiger partial charge in [-0.3, -0.25) is 19.2 Å². The van der Waals surface area contributed by atoms with E-state index in [0.29, 0.717) is 6.42 Å². The van der Waals surface area contributed by atoms with Gasteiger partial charge in [0.25, 0.3) is 5.91 Å². The van der Waals surface area contributed by atoms with Gasteiger partial charge in [0.1, 0.15) is 23.9 Å². The molecule has 188 valence electrons. The molecule has 1 aromatic rings. The van der Waals surface area contributed by atoms with Crippen molar-refractivity contribution in [3.8, 4) is 5.75 Å². The summed E-state index contributed by atoms with van der Waals surface area (Å²) in [5.41, 5.74) is 0.749. The Morgan fingerprint density at radius 1 is 1.00 bits per heavy atom. The molecule has 0 spiro atoms. The zero-order chi connectivity index (χ0) is 25.8. The predicted octanol–water partition coefficient (Wildman–Crippen LogP) is 1.13. The third-order valence-electron chi connectivity index (χ3n) is 5.17. The Hall–Kier alpha value is -3.40. The van der Waals surface area contributed by atoms with Crippen LogP contribution in [-0.2, 0) is 25.6 Å². The maximum Gasteiger partial charge on any atom is 0.325 e. The van der Waals surface area contributed by atoms with Crippen LogP contribution in [0.4, 0.5) is 0 Å². The number of aryl methyl sites for hydroxylation is 1. The Morgan fingerprint density at radius 3 is 2.15 bits per heavy atom. The van der Waals surface area contributed by atoms with Gasteiger partial charge in [0.2, 0.25) is 11.8 Å². The van der Waals surface area contributed by atoms with Crippen LogP contribution in [0.25, 0.3) is 0 Å². The number of rotatable bonds is 14. The lowest BCUT2D eigenvalue weighted by molar-refractivity contribution is -0.140. The van der Waals surface area contributed by atoms with Gasteiger partial charge in [-0.15, -0.1) is 0 Å². The molecule has 0 bridgehead atoms. The van der Waals surface area contributed by atoms with E-state index in [1.807, 2.05) is 24.3 Å². The van der Waals surface area contributed by atoms with Crippen molar-refractivity contribution in [2.45, 2.75) is 64.6 Å². The molecule has 0 heterocycles. The summed E-state index contributed by atoms with van der Waals surface area (Å²) in [5, 5.41) is 26.0. The number of carbonyl (C=O) groups excluding carboxylic acids is 3. The lowest BCUT2D eigenvalue weighted by atomic mass is 10.0. The SMILES string of the molecule is C=C(NC(=O)[C@H](CCCCc1ccc(OC)cc1)NC(=O)C(O)C(C)C)C(=O)N[C@@H](C)C(=O)O. The van der Waals surface area contributed by atoms with Crippen molar-refractivity contribution in [1.82, 2.24) is 16.0 Å². The minimum Gasteiger partial charge on any atom is -0.497 e. The van der Waals surface area contributed by atoms with Crippen LogP contribution >= 0.6 is 0 Å². The number of carboxylic acid groups (broad SMARTS) is 1. The first-order chi connectivity index (χ1) is 16.0. The zero-order valence-electron chi connectivity index (χ0n) is 20.1. The van der Waals surface area contributed by atoms with Crippen LogP contribution in [0.2, 0.25) is 0 Å². The molecule has 10 nitrogen and oxygen atoms in total. The van der Waals surface area contributed by atoms with Gasteiger partial charge in [-0.1, -0.05) is 39.0 Å². The second kappa shape index (κ2) is 14.0. The van der Waals surface area contributed by atoms with E-state index in [0.717, 1.165) is 24.2 Å². The third-order valence-corrected chi connectivity index (χ3v) is 5.17. The number of aliphatic carboxylic acids is 1. The lowest BCUT2D eigenvalue weighted by Gasteiger charge is -2.22. The van der Waals surface area contributed by atoms with Crippen LogP contribution in [0, 0.1) is 5.92 Å². The molecule has 5 N–H and O–H groups in total. The molecule has 1 unspecified atom stereocenters. The first kappa shape index (κ1) is 28.6. The van der Waals surface area contributed by atoms with Crippen molar-refractivity contribution in [2.24, 2.45) is 5.92 Å². The Labute approximate surface area is 199 Å². The normalized spacial score (nSPS) is 13.4. The average Bonchev–Trinajstić information content (AvgIpc) is 2.80. The summed E-state index contributed by atoms with van der Waals surface area (Å²) >= 11 is 0. The topological polar surface area (TPSA) is 154 Å². The van der Waals surface area contributed by atoms with E-state index in [4.69, 9.17) is 9.84 Å². The molecular weight excluding hydrogens is 442 g/mol. The van der Waals surface area contributed by atoms with Gasteiger partial charge in [-0.25, -0.2) is 0 Å². The van der Waals surface area contributed by atoms with Gasteiger partial charge in [-0.05, 0) is 49.8 Å². The fraction of sp³-hybridized carbons (Fsp3) is 0.500. The fourth-order valence-corrected chi connectivity index (χ4v) is 2.94. The molecule has 3 atom stereocenters. The Morgan fingerprint density at radius 2 is 1.62 bits per heavy atom. The summed E-state index contributed by atoms with van der Waals surface area (Å²) in [6.07, 6.45) is 1.03. The van der Waals surface area contributed by atoms with Gasteiger partial charge < -0.3 is 30.9 Å². The Bertz CT molecular complexity index is 868. The number of carbonyl (C=O) groups is 4. The first-order valence-electron chi connectivity index (χ1n) is 11.1. The van der Waals surface area contributed by atoms with Crippen molar-refractivity contribution >= 4 is 23.7 Å². The summed E-state index contributed by atoms with van der Waals surface area (Å²) in [5.74, 6) is -3.06. The predicted molar refractivity (Wildman–Crippen MR) is 126 cm³/mol. The summed E-state index contributed by atoms with van der Waals surface area (Å²) < 4.78 is 5.14. The molecule has 0 saturated carbocycles. The van der Waals surface area contributed by atoms with Crippen LogP contribution in [0.1, 0.15) is 45.6 Å². The van der Waals surface area contributed by atoms with Crippen molar-refractivity contribution in [3.63, 3.8) is 0 Å². The number of benzene rings is 1. The monoisotopic (exact) mass is 477 g/mol. The Balaban J connectivity index is 2.74. The molecule has 0 aliphatic heterocycles. The number of ether oxygens (including phenoxy) is 1. The molecule has 10 heteroatoms. The fourth-order valence-electron chi connectivity index (χ4n) is 2.94. The van der Waals surface area contributed by atoms with E-state index in [1.54, 1.807) is 21.0 Å². The van der Waals surface area contributed by atoms with Crippen LogP contribution in [0.15, 0.2) is 36.5 Å². The number of aliphatic hydroxyl groups excluding tert-OH is 1. The molecule has 0 radical (unpaired) electrons. The smallest absolute Gasteiger partial charge is 0.325 e. The summed E-state index contributed by atoms with van der Waals surface area (Å²) in [7, 11) is 1.59. The molecule has 0 aliphatic rings. The van der Waals surface area contributed by atoms with E-state index in [1.165, 1.54) is 6.92 Å². The number of unbranched alkanes of at least 4 members (excludes halogenated alkanes) is 1. The van der Waals surface area contributed by atoms with E-state index >= 15 is 0 Å². The van der Waals surface area contributed by atoms with E-state index in [-0.39, 0.29) is 18.0 Å². The van der Waals surface area contributed by atoms with Gasteiger partial charge in [0.15, 0.2) is 0 Å². The third kappa shape index (κ3) is 9.62. The van der Waals surface area contributed by atoms with Gasteiger partial charge in [0.05, 0.1) is 12.8 Å². The minimum absolute atomic E-state index is 0.263. The van der Waals surface area contributed by atoms with Crippen LogP contribution in [0.3, 0.4) is 0 Å². The van der Waals surface area contributed by atoms with E-state index in [2.05, 4.69) is 22.5 Å². The molecule has 0 saturated heterocycles. The molecule has 34 heavy (non-hydrogen) atoms. The van der Waals surface area contributed by atoms with Crippen molar-refractivity contribution in [2.75, 3.05) is 7.11 Å². The minimum atomic E-state index is -1.29. The molecule has 0 fully saturated rings. The highest BCUT2D eigenvalue weighted by molar-refractivity contribution is 6.00. The average molecular weight is 478 g/mol. The number of nitrogens with one attached hydrogen (secondary N) is 3. The maximum absolute atomic E-state index is 12.8. The molecule has 3 amide bonds. The second-order valence-electron chi connectivity index (χ2n) is 8.35. The molecule has 0 aliphatic carbocycles. The zero-order valence-corrected chi connectivity index (χ0v) is 20.1. The Kier molecular flexibility index (Phi) is 11.8. The van der Waals surface area contributed by atoms with Gasteiger partial charge in [0, 0.05) is 0 Å². The molecule has 1 rings (SSSR count). The van der Waals surface area contributed by atoms with E-state index in [9.17, 15) is 24.3 Å². The van der Waals surface area contributed by atoms with Crippen molar-refractivity contribution in [1.29, 1.82) is 0 Å². The number of carboxylic acids is 1. The summed E-state index contributed by atoms with van der Waals surface area (Å²) in [4.78, 5) is 48.1. The number of hydrogen-bond acceptors (Lipinski definition) is 6. The summed E-state index contributed by atoms with van der Waals surface area (Å²) in [6, 6.07) is 5.44. The molecule has 1 aromatic carbocycles. The van der Waals surface area contributed by atoms with Gasteiger partial charge >= 0.3 is 5.97 Å². The second-order valence-corrected chi connectivity index (χ2v) is 8.35. The highest BCUT2D eigenvalue weighted by atomic mass is 16.5. The largest absolute Gasteiger partial charge is 0.497 e. The van der Waals surface area contributed by atoms with Crippen molar-refractivity contribution < 1.29 is 34.1 Å². The lowest BCUT2D eigenvalue weighted by Crippen LogP contribution is -2.51. The summed E-state index contributed by atoms with van der Waals surface area (Å²) in [6.45, 7) is 8.09. The maximum atomic E-state index is 12.8. The number of methoxy groups -OCH3 is 1. The molecular formula is C24H35N3O7. The van der Waals surface area contributed by atoms with Crippen LogP contribution in [-0.4, -0.2) is 59.2 Å². The van der Waals surface area contributed by atoms with Crippen LogP contribution < -0.4 is 20.7 Å². The number of amides is 3. The number of aliphatic hydroxyl groups is 1.